The Morgan fingerprint density at radius 1 is 1.44 bits per heavy atom. The zero-order chi connectivity index (χ0) is 12.6. The van der Waals surface area contributed by atoms with Gasteiger partial charge in [-0.1, -0.05) is 6.92 Å². The van der Waals surface area contributed by atoms with Crippen molar-refractivity contribution in [2.75, 3.05) is 18.8 Å². The average molecular weight is 252 g/mol. The molecule has 0 fully saturated rings. The molecule has 6 nitrogen and oxygen atoms in total. The summed E-state index contributed by atoms with van der Waals surface area (Å²) >= 11 is 0. The van der Waals surface area contributed by atoms with Crippen molar-refractivity contribution in [3.05, 3.63) is 0 Å². The number of rotatable bonds is 9. The highest BCUT2D eigenvalue weighted by Crippen LogP contribution is 1.95. The van der Waals surface area contributed by atoms with Crippen molar-refractivity contribution in [1.29, 1.82) is 0 Å². The number of carboxylic acid groups (broad SMARTS) is 1. The second-order valence-corrected chi connectivity index (χ2v) is 5.53. The highest BCUT2D eigenvalue weighted by molar-refractivity contribution is 7.89. The maximum Gasteiger partial charge on any atom is 0.303 e. The van der Waals surface area contributed by atoms with Gasteiger partial charge in [-0.05, 0) is 13.3 Å². The van der Waals surface area contributed by atoms with Crippen molar-refractivity contribution in [2.45, 2.75) is 32.7 Å². The van der Waals surface area contributed by atoms with Gasteiger partial charge in [-0.2, -0.15) is 0 Å². The van der Waals surface area contributed by atoms with Gasteiger partial charge in [0.05, 0.1) is 5.75 Å². The van der Waals surface area contributed by atoms with Crippen LogP contribution >= 0.6 is 0 Å². The summed E-state index contributed by atoms with van der Waals surface area (Å²) in [5, 5.41) is 11.4. The third-order valence-electron chi connectivity index (χ3n) is 2.02. The predicted molar refractivity (Wildman–Crippen MR) is 61.8 cm³/mol. The van der Waals surface area contributed by atoms with Crippen LogP contribution in [0.3, 0.4) is 0 Å². The minimum Gasteiger partial charge on any atom is -0.481 e. The van der Waals surface area contributed by atoms with E-state index in [9.17, 15) is 13.2 Å². The van der Waals surface area contributed by atoms with E-state index in [0.29, 0.717) is 19.5 Å². The normalized spacial score (nSPS) is 13.6. The van der Waals surface area contributed by atoms with Crippen molar-refractivity contribution in [2.24, 2.45) is 0 Å². The molecule has 0 aliphatic carbocycles. The van der Waals surface area contributed by atoms with E-state index in [0.717, 1.165) is 0 Å². The Labute approximate surface area is 96.5 Å². The summed E-state index contributed by atoms with van der Waals surface area (Å²) in [6.45, 7) is 4.27. The molecule has 0 saturated carbocycles. The molecule has 0 radical (unpaired) electrons. The van der Waals surface area contributed by atoms with E-state index in [1.165, 1.54) is 0 Å². The van der Waals surface area contributed by atoms with E-state index < -0.39 is 16.0 Å². The number of aliphatic carboxylic acids is 1. The van der Waals surface area contributed by atoms with Gasteiger partial charge in [-0.15, -0.1) is 0 Å². The van der Waals surface area contributed by atoms with Gasteiger partial charge in [0.1, 0.15) is 0 Å². The molecule has 96 valence electrons. The highest BCUT2D eigenvalue weighted by atomic mass is 32.2. The standard InChI is InChI=1S/C9H20N2O4S/c1-3-11-16(14,15)7-6-10-8(2)4-5-9(12)13/h8,10-11H,3-7H2,1-2H3,(H,12,13). The van der Waals surface area contributed by atoms with E-state index in [-0.39, 0.29) is 18.2 Å². The summed E-state index contributed by atoms with van der Waals surface area (Å²) in [6, 6.07) is 0.00734. The number of nitrogens with one attached hydrogen (secondary N) is 2. The van der Waals surface area contributed by atoms with Crippen molar-refractivity contribution in [3.63, 3.8) is 0 Å². The molecule has 0 bridgehead atoms. The monoisotopic (exact) mass is 252 g/mol. The van der Waals surface area contributed by atoms with E-state index in [1.807, 2.05) is 6.92 Å². The third-order valence-corrected chi connectivity index (χ3v) is 3.49. The Kier molecular flexibility index (Phi) is 7.27. The van der Waals surface area contributed by atoms with Crippen molar-refractivity contribution in [1.82, 2.24) is 10.0 Å². The minimum atomic E-state index is -3.19. The van der Waals surface area contributed by atoms with Gasteiger partial charge in [-0.25, -0.2) is 13.1 Å². The first-order valence-electron chi connectivity index (χ1n) is 5.30. The van der Waals surface area contributed by atoms with Gasteiger partial charge in [0.15, 0.2) is 0 Å². The van der Waals surface area contributed by atoms with Gasteiger partial charge < -0.3 is 10.4 Å². The van der Waals surface area contributed by atoms with Crippen molar-refractivity contribution in [3.8, 4) is 0 Å². The predicted octanol–water partition coefficient (Wildman–Crippen LogP) is -0.231. The molecule has 0 aromatic carbocycles. The lowest BCUT2D eigenvalue weighted by Crippen LogP contribution is -2.35. The second-order valence-electron chi connectivity index (χ2n) is 3.60. The lowest BCUT2D eigenvalue weighted by molar-refractivity contribution is -0.137. The lowest BCUT2D eigenvalue weighted by Gasteiger charge is -2.12. The Hall–Kier alpha value is -0.660. The molecule has 0 spiro atoms. The summed E-state index contributed by atoms with van der Waals surface area (Å²) in [7, 11) is -3.19. The first-order valence-corrected chi connectivity index (χ1v) is 6.95. The molecular formula is C9H20N2O4S. The fourth-order valence-corrected chi connectivity index (χ4v) is 2.14. The summed E-state index contributed by atoms with van der Waals surface area (Å²) in [4.78, 5) is 10.3. The topological polar surface area (TPSA) is 95.5 Å². The molecule has 0 heterocycles. The molecule has 1 atom stereocenters. The Morgan fingerprint density at radius 2 is 2.06 bits per heavy atom. The maximum atomic E-state index is 11.2. The summed E-state index contributed by atoms with van der Waals surface area (Å²) in [5.41, 5.74) is 0. The number of carboxylic acids is 1. The summed E-state index contributed by atoms with van der Waals surface area (Å²) < 4.78 is 24.8. The van der Waals surface area contributed by atoms with Crippen LogP contribution in [0, 0.1) is 0 Å². The molecule has 0 rings (SSSR count). The first kappa shape index (κ1) is 15.3. The number of carbonyl (C=O) groups is 1. The molecule has 0 aliphatic heterocycles. The van der Waals surface area contributed by atoms with Gasteiger partial charge in [0, 0.05) is 25.6 Å². The second kappa shape index (κ2) is 7.59. The molecule has 7 heteroatoms. The van der Waals surface area contributed by atoms with Gasteiger partial charge >= 0.3 is 5.97 Å². The van der Waals surface area contributed by atoms with E-state index in [2.05, 4.69) is 10.0 Å². The van der Waals surface area contributed by atoms with E-state index in [1.54, 1.807) is 6.92 Å². The molecule has 3 N–H and O–H groups in total. The fraction of sp³-hybridized carbons (Fsp3) is 0.889. The van der Waals surface area contributed by atoms with Crippen LogP contribution in [0.5, 0.6) is 0 Å². The maximum absolute atomic E-state index is 11.2. The number of hydrogen-bond acceptors (Lipinski definition) is 4. The first-order chi connectivity index (χ1) is 7.37. The Bertz CT molecular complexity index is 303. The lowest BCUT2D eigenvalue weighted by atomic mass is 10.2. The molecule has 0 amide bonds. The van der Waals surface area contributed by atoms with Crippen molar-refractivity contribution >= 4 is 16.0 Å². The quantitative estimate of drug-likeness (QED) is 0.527. The van der Waals surface area contributed by atoms with Gasteiger partial charge in [-0.3, -0.25) is 4.79 Å². The van der Waals surface area contributed by atoms with Gasteiger partial charge in [0.2, 0.25) is 10.0 Å². The van der Waals surface area contributed by atoms with E-state index in [4.69, 9.17) is 5.11 Å². The van der Waals surface area contributed by atoms with Crippen LogP contribution in [0.2, 0.25) is 0 Å². The third kappa shape index (κ3) is 8.63. The molecular weight excluding hydrogens is 232 g/mol. The van der Waals surface area contributed by atoms with E-state index >= 15 is 0 Å². The fourth-order valence-electron chi connectivity index (χ4n) is 1.17. The molecule has 0 aliphatic rings. The number of hydrogen-bond donors (Lipinski definition) is 3. The van der Waals surface area contributed by atoms with Crippen molar-refractivity contribution < 1.29 is 18.3 Å². The Morgan fingerprint density at radius 3 is 2.56 bits per heavy atom. The van der Waals surface area contributed by atoms with Crippen LogP contribution in [0.1, 0.15) is 26.7 Å². The highest BCUT2D eigenvalue weighted by Gasteiger charge is 2.09. The van der Waals surface area contributed by atoms with Crippen LogP contribution in [-0.2, 0) is 14.8 Å². The molecule has 0 aromatic rings. The summed E-state index contributed by atoms with van der Waals surface area (Å²) in [5.74, 6) is -0.827. The molecule has 0 aromatic heterocycles. The van der Waals surface area contributed by atoms with Crippen LogP contribution in [0.25, 0.3) is 0 Å². The van der Waals surface area contributed by atoms with Crippen LogP contribution in [-0.4, -0.2) is 44.4 Å². The van der Waals surface area contributed by atoms with Crippen LogP contribution < -0.4 is 10.0 Å². The largest absolute Gasteiger partial charge is 0.481 e. The minimum absolute atomic E-state index is 0.00734. The average Bonchev–Trinajstić information content (AvgIpc) is 2.14. The molecule has 0 saturated heterocycles. The molecule has 1 unspecified atom stereocenters. The van der Waals surface area contributed by atoms with Crippen LogP contribution in [0.15, 0.2) is 0 Å². The number of sulfonamides is 1. The smallest absolute Gasteiger partial charge is 0.303 e. The van der Waals surface area contributed by atoms with Gasteiger partial charge in [0.25, 0.3) is 0 Å². The SMILES string of the molecule is CCNS(=O)(=O)CCNC(C)CCC(=O)O. The molecule has 16 heavy (non-hydrogen) atoms. The summed E-state index contributed by atoms with van der Waals surface area (Å²) in [6.07, 6.45) is 0.588. The zero-order valence-corrected chi connectivity index (χ0v) is 10.5. The Balaban J connectivity index is 3.69. The zero-order valence-electron chi connectivity index (χ0n) is 9.69. The van der Waals surface area contributed by atoms with Crippen LogP contribution in [0.4, 0.5) is 0 Å².